The van der Waals surface area contributed by atoms with Crippen LogP contribution in [0.3, 0.4) is 0 Å². The predicted octanol–water partition coefficient (Wildman–Crippen LogP) is 1.76. The van der Waals surface area contributed by atoms with Crippen molar-refractivity contribution in [1.29, 1.82) is 0 Å². The number of hydrogen-bond donors (Lipinski definition) is 1. The average Bonchev–Trinajstić information content (AvgIpc) is 3.03. The van der Waals surface area contributed by atoms with Crippen LogP contribution in [-0.2, 0) is 17.8 Å². The molecule has 0 aromatic carbocycles. The predicted molar refractivity (Wildman–Crippen MR) is 72.6 cm³/mol. The third kappa shape index (κ3) is 3.38. The van der Waals surface area contributed by atoms with Gasteiger partial charge in [-0.05, 0) is 6.92 Å². The van der Waals surface area contributed by atoms with E-state index in [1.165, 1.54) is 0 Å². The summed E-state index contributed by atoms with van der Waals surface area (Å²) < 4.78 is 6.89. The lowest BCUT2D eigenvalue weighted by molar-refractivity contribution is 0.199. The number of methoxy groups -OCH3 is 1. The molecule has 2 aromatic rings. The lowest BCUT2D eigenvalue weighted by Crippen LogP contribution is -2.18. The summed E-state index contributed by atoms with van der Waals surface area (Å²) in [5.41, 5.74) is 2.08. The van der Waals surface area contributed by atoms with E-state index in [4.69, 9.17) is 4.74 Å². The fraction of sp³-hybridized carbons (Fsp3) is 0.500. The minimum atomic E-state index is 0.724. The van der Waals surface area contributed by atoms with Crippen LogP contribution in [0.2, 0.25) is 0 Å². The van der Waals surface area contributed by atoms with Gasteiger partial charge in [0.1, 0.15) is 5.01 Å². The van der Waals surface area contributed by atoms with E-state index in [0.29, 0.717) is 0 Å². The number of thiazole rings is 1. The molecular formula is C12H18N4OS. The van der Waals surface area contributed by atoms with Crippen molar-refractivity contribution in [3.8, 4) is 11.3 Å². The average molecular weight is 266 g/mol. The van der Waals surface area contributed by atoms with Crippen molar-refractivity contribution in [2.75, 3.05) is 20.3 Å². The highest BCUT2D eigenvalue weighted by atomic mass is 32.1. The molecule has 0 aliphatic carbocycles. The normalized spacial score (nSPS) is 11.0. The van der Waals surface area contributed by atoms with E-state index >= 15 is 0 Å². The minimum Gasteiger partial charge on any atom is -0.383 e. The van der Waals surface area contributed by atoms with E-state index in [1.54, 1.807) is 18.4 Å². The van der Waals surface area contributed by atoms with Gasteiger partial charge >= 0.3 is 0 Å². The van der Waals surface area contributed by atoms with Crippen LogP contribution in [0.1, 0.15) is 11.9 Å². The van der Waals surface area contributed by atoms with Gasteiger partial charge in [-0.2, -0.15) is 5.10 Å². The van der Waals surface area contributed by atoms with E-state index in [-0.39, 0.29) is 0 Å². The van der Waals surface area contributed by atoms with Gasteiger partial charge in [-0.1, -0.05) is 0 Å². The van der Waals surface area contributed by atoms with Gasteiger partial charge in [0.2, 0.25) is 0 Å². The van der Waals surface area contributed by atoms with E-state index in [9.17, 15) is 0 Å². The monoisotopic (exact) mass is 266 g/mol. The number of rotatable bonds is 7. The first kappa shape index (κ1) is 13.2. The molecule has 0 atom stereocenters. The molecule has 6 heteroatoms. The third-order valence-corrected chi connectivity index (χ3v) is 3.41. The molecule has 0 saturated carbocycles. The van der Waals surface area contributed by atoms with Crippen molar-refractivity contribution in [1.82, 2.24) is 20.1 Å². The molecule has 2 aromatic heterocycles. The van der Waals surface area contributed by atoms with E-state index in [1.807, 2.05) is 17.1 Å². The Kier molecular flexibility index (Phi) is 4.86. The van der Waals surface area contributed by atoms with Gasteiger partial charge in [-0.15, -0.1) is 11.3 Å². The first-order chi connectivity index (χ1) is 8.83. The number of hydrogen-bond acceptors (Lipinski definition) is 5. The fourth-order valence-corrected chi connectivity index (χ4v) is 2.34. The highest BCUT2D eigenvalue weighted by Crippen LogP contribution is 2.21. The molecule has 98 valence electrons. The molecular weight excluding hydrogens is 248 g/mol. The minimum absolute atomic E-state index is 0.724. The van der Waals surface area contributed by atoms with Crippen molar-refractivity contribution in [3.05, 3.63) is 22.8 Å². The van der Waals surface area contributed by atoms with Gasteiger partial charge in [-0.3, -0.25) is 4.68 Å². The van der Waals surface area contributed by atoms with Crippen LogP contribution >= 0.6 is 11.3 Å². The summed E-state index contributed by atoms with van der Waals surface area (Å²) in [4.78, 5) is 4.59. The van der Waals surface area contributed by atoms with Gasteiger partial charge in [0.05, 0.1) is 18.5 Å². The lowest BCUT2D eigenvalue weighted by atomic mass is 10.3. The van der Waals surface area contributed by atoms with Gasteiger partial charge in [-0.25, -0.2) is 4.98 Å². The molecule has 5 nitrogen and oxygen atoms in total. The second-order valence-electron chi connectivity index (χ2n) is 3.88. The first-order valence-corrected chi connectivity index (χ1v) is 6.88. The zero-order valence-corrected chi connectivity index (χ0v) is 11.5. The molecule has 2 rings (SSSR count). The summed E-state index contributed by atoms with van der Waals surface area (Å²) in [6.45, 7) is 5.31. The van der Waals surface area contributed by atoms with Crippen LogP contribution in [0.5, 0.6) is 0 Å². The summed E-state index contributed by atoms with van der Waals surface area (Å²) in [7, 11) is 1.70. The number of aromatic nitrogens is 3. The molecule has 0 radical (unpaired) electrons. The molecule has 0 amide bonds. The SMILES string of the molecule is CCn1cc(-c2csc(CNCCOC)n2)cn1. The van der Waals surface area contributed by atoms with Crippen LogP contribution in [0.15, 0.2) is 17.8 Å². The van der Waals surface area contributed by atoms with E-state index in [0.717, 1.165) is 42.5 Å². The Morgan fingerprint density at radius 3 is 3.11 bits per heavy atom. The van der Waals surface area contributed by atoms with Crippen LogP contribution < -0.4 is 5.32 Å². The summed E-state index contributed by atoms with van der Waals surface area (Å²) in [6, 6.07) is 0. The van der Waals surface area contributed by atoms with Crippen molar-refractivity contribution >= 4 is 11.3 Å². The smallest absolute Gasteiger partial charge is 0.107 e. The molecule has 0 unspecified atom stereocenters. The van der Waals surface area contributed by atoms with Crippen LogP contribution in [-0.4, -0.2) is 35.0 Å². The lowest BCUT2D eigenvalue weighted by Gasteiger charge is -2.00. The summed E-state index contributed by atoms with van der Waals surface area (Å²) in [5.74, 6) is 0. The van der Waals surface area contributed by atoms with Crippen LogP contribution in [0.25, 0.3) is 11.3 Å². The topological polar surface area (TPSA) is 52.0 Å². The largest absolute Gasteiger partial charge is 0.383 e. The maximum Gasteiger partial charge on any atom is 0.107 e. The number of aryl methyl sites for hydroxylation is 1. The molecule has 2 heterocycles. The Balaban J connectivity index is 1.93. The maximum atomic E-state index is 4.98. The Bertz CT molecular complexity index is 480. The third-order valence-electron chi connectivity index (χ3n) is 2.56. The second kappa shape index (κ2) is 6.63. The zero-order chi connectivity index (χ0) is 12.8. The van der Waals surface area contributed by atoms with E-state index in [2.05, 4.69) is 27.7 Å². The molecule has 0 fully saturated rings. The van der Waals surface area contributed by atoms with Gasteiger partial charge in [0.15, 0.2) is 0 Å². The standard InChI is InChI=1S/C12H18N4OS/c1-3-16-8-10(6-14-16)11-9-18-12(15-11)7-13-4-5-17-2/h6,8-9,13H,3-5,7H2,1-2H3. The zero-order valence-electron chi connectivity index (χ0n) is 10.7. The Labute approximate surface area is 111 Å². The Morgan fingerprint density at radius 2 is 2.39 bits per heavy atom. The molecule has 1 N–H and O–H groups in total. The van der Waals surface area contributed by atoms with Crippen LogP contribution in [0, 0.1) is 0 Å². The molecule has 0 spiro atoms. The summed E-state index contributed by atoms with van der Waals surface area (Å²) in [6.07, 6.45) is 3.89. The number of ether oxygens (including phenoxy) is 1. The first-order valence-electron chi connectivity index (χ1n) is 6.00. The van der Waals surface area contributed by atoms with Crippen LogP contribution in [0.4, 0.5) is 0 Å². The second-order valence-corrected chi connectivity index (χ2v) is 4.82. The fourth-order valence-electron chi connectivity index (χ4n) is 1.56. The Morgan fingerprint density at radius 1 is 1.50 bits per heavy atom. The van der Waals surface area contributed by atoms with Crippen molar-refractivity contribution in [2.45, 2.75) is 20.0 Å². The maximum absolute atomic E-state index is 4.98. The summed E-state index contributed by atoms with van der Waals surface area (Å²) >= 11 is 1.67. The van der Waals surface area contributed by atoms with Crippen molar-refractivity contribution < 1.29 is 4.74 Å². The highest BCUT2D eigenvalue weighted by Gasteiger charge is 2.06. The van der Waals surface area contributed by atoms with Gasteiger partial charge in [0.25, 0.3) is 0 Å². The molecule has 0 aliphatic heterocycles. The Hall–Kier alpha value is -1.24. The van der Waals surface area contributed by atoms with Crippen molar-refractivity contribution in [2.24, 2.45) is 0 Å². The molecule has 0 bridgehead atoms. The molecule has 0 saturated heterocycles. The number of nitrogens with zero attached hydrogens (tertiary/aromatic N) is 3. The number of nitrogens with one attached hydrogen (secondary N) is 1. The highest BCUT2D eigenvalue weighted by molar-refractivity contribution is 7.09. The quantitative estimate of drug-likeness (QED) is 0.776. The van der Waals surface area contributed by atoms with Gasteiger partial charge in [0, 0.05) is 43.9 Å². The molecule has 0 aliphatic rings. The van der Waals surface area contributed by atoms with Gasteiger partial charge < -0.3 is 10.1 Å². The molecule has 18 heavy (non-hydrogen) atoms. The summed E-state index contributed by atoms with van der Waals surface area (Å²) in [5, 5.41) is 10.7. The van der Waals surface area contributed by atoms with E-state index < -0.39 is 0 Å². The van der Waals surface area contributed by atoms with Crippen molar-refractivity contribution in [3.63, 3.8) is 0 Å².